The quantitative estimate of drug-likeness (QED) is 0.748. The first-order valence-electron chi connectivity index (χ1n) is 9.89. The van der Waals surface area contributed by atoms with Gasteiger partial charge in [-0.05, 0) is 55.5 Å². The number of morpholine rings is 1. The van der Waals surface area contributed by atoms with Crippen LogP contribution in [0.15, 0.2) is 48.8 Å². The van der Waals surface area contributed by atoms with E-state index in [0.29, 0.717) is 25.6 Å². The predicted octanol–water partition coefficient (Wildman–Crippen LogP) is 4.13. The van der Waals surface area contributed by atoms with E-state index >= 15 is 0 Å². The minimum Gasteiger partial charge on any atom is -0.368 e. The Balaban J connectivity index is 1.35. The lowest BCUT2D eigenvalue weighted by atomic mass is 10.1. The van der Waals surface area contributed by atoms with Gasteiger partial charge < -0.3 is 19.4 Å². The molecule has 1 unspecified atom stereocenters. The number of carbonyl (C=O) groups is 1. The molecule has 2 fully saturated rings. The number of hydrogen-bond acceptors (Lipinski definition) is 3. The maximum atomic E-state index is 12.7. The van der Waals surface area contributed by atoms with Crippen molar-refractivity contribution in [2.24, 2.45) is 0 Å². The Morgan fingerprint density at radius 2 is 2.07 bits per heavy atom. The number of ether oxygens (including phenoxy) is 1. The van der Waals surface area contributed by atoms with Gasteiger partial charge in [0, 0.05) is 17.9 Å². The summed E-state index contributed by atoms with van der Waals surface area (Å²) in [5, 5.41) is 2.99. The Morgan fingerprint density at radius 1 is 1.21 bits per heavy atom. The number of benzene rings is 1. The van der Waals surface area contributed by atoms with Crippen LogP contribution in [0, 0.1) is 6.92 Å². The lowest BCUT2D eigenvalue weighted by Gasteiger charge is -2.32. The second-order valence-electron chi connectivity index (χ2n) is 7.72. The van der Waals surface area contributed by atoms with Crippen LogP contribution in [0.25, 0.3) is 5.52 Å². The van der Waals surface area contributed by atoms with E-state index < -0.39 is 0 Å². The van der Waals surface area contributed by atoms with Crippen LogP contribution >= 0.6 is 0 Å². The second-order valence-corrected chi connectivity index (χ2v) is 7.72. The highest BCUT2D eigenvalue weighted by Crippen LogP contribution is 2.40. The molecule has 1 aromatic carbocycles. The van der Waals surface area contributed by atoms with Gasteiger partial charge in [-0.1, -0.05) is 18.2 Å². The fourth-order valence-electron chi connectivity index (χ4n) is 3.95. The van der Waals surface area contributed by atoms with Gasteiger partial charge in [0.25, 0.3) is 0 Å². The molecule has 6 heteroatoms. The third-order valence-corrected chi connectivity index (χ3v) is 5.56. The second kappa shape index (κ2) is 6.95. The van der Waals surface area contributed by atoms with Gasteiger partial charge in [-0.2, -0.15) is 0 Å². The third-order valence-electron chi connectivity index (χ3n) is 5.56. The van der Waals surface area contributed by atoms with Gasteiger partial charge in [-0.15, -0.1) is 0 Å². The normalized spacial score (nSPS) is 19.8. The summed E-state index contributed by atoms with van der Waals surface area (Å²) in [6.45, 7) is 3.60. The van der Waals surface area contributed by atoms with Crippen LogP contribution in [-0.2, 0) is 4.74 Å². The van der Waals surface area contributed by atoms with Crippen molar-refractivity contribution in [3.8, 4) is 0 Å². The minimum absolute atomic E-state index is 0.0962. The van der Waals surface area contributed by atoms with Crippen molar-refractivity contribution in [2.45, 2.75) is 31.8 Å². The van der Waals surface area contributed by atoms with Crippen molar-refractivity contribution in [1.29, 1.82) is 0 Å². The molecule has 6 nitrogen and oxygen atoms in total. The SMILES string of the molecule is Cc1cccc(NC(=O)N2CCOC(c3ncn4c(C5CC5)cccc34)C2)c1. The van der Waals surface area contributed by atoms with Gasteiger partial charge in [-0.25, -0.2) is 9.78 Å². The predicted molar refractivity (Wildman–Crippen MR) is 108 cm³/mol. The zero-order chi connectivity index (χ0) is 19.1. The number of imidazole rings is 1. The van der Waals surface area contributed by atoms with Gasteiger partial charge in [0.1, 0.15) is 6.10 Å². The molecule has 0 spiro atoms. The van der Waals surface area contributed by atoms with E-state index in [1.807, 2.05) is 42.4 Å². The molecule has 144 valence electrons. The molecule has 1 saturated carbocycles. The molecule has 0 bridgehead atoms. The van der Waals surface area contributed by atoms with Gasteiger partial charge in [0.2, 0.25) is 0 Å². The Morgan fingerprint density at radius 3 is 2.89 bits per heavy atom. The first-order chi connectivity index (χ1) is 13.7. The van der Waals surface area contributed by atoms with Crippen LogP contribution in [0.5, 0.6) is 0 Å². The Hall–Kier alpha value is -2.86. The van der Waals surface area contributed by atoms with Crippen molar-refractivity contribution in [1.82, 2.24) is 14.3 Å². The Kier molecular flexibility index (Phi) is 4.28. The van der Waals surface area contributed by atoms with E-state index in [2.05, 4.69) is 32.9 Å². The van der Waals surface area contributed by atoms with Crippen LogP contribution in [0.1, 0.15) is 41.8 Å². The summed E-state index contributed by atoms with van der Waals surface area (Å²) in [5.41, 5.74) is 5.25. The average molecular weight is 376 g/mol. The van der Waals surface area contributed by atoms with Crippen molar-refractivity contribution < 1.29 is 9.53 Å². The van der Waals surface area contributed by atoms with Crippen molar-refractivity contribution >= 4 is 17.2 Å². The summed E-state index contributed by atoms with van der Waals surface area (Å²) in [7, 11) is 0. The first kappa shape index (κ1) is 17.3. The van der Waals surface area contributed by atoms with Gasteiger partial charge in [-0.3, -0.25) is 0 Å². The average Bonchev–Trinajstić information content (AvgIpc) is 3.46. The van der Waals surface area contributed by atoms with Crippen LogP contribution in [0.4, 0.5) is 10.5 Å². The number of aromatic nitrogens is 2. The molecule has 0 radical (unpaired) electrons. The molecular weight excluding hydrogens is 352 g/mol. The molecule has 3 aromatic rings. The first-order valence-corrected chi connectivity index (χ1v) is 9.89. The van der Waals surface area contributed by atoms with E-state index in [0.717, 1.165) is 22.5 Å². The standard InChI is InChI=1S/C22H24N4O2/c1-15-4-2-5-17(12-15)24-22(27)25-10-11-28-20(13-25)21-19-7-3-6-18(16-8-9-16)26(19)14-23-21/h2-7,12,14,16,20H,8-11,13H2,1H3,(H,24,27). The summed E-state index contributed by atoms with van der Waals surface area (Å²) in [4.78, 5) is 19.2. The number of pyridine rings is 1. The Labute approximate surface area is 164 Å². The highest BCUT2D eigenvalue weighted by Gasteiger charge is 2.30. The molecule has 1 aliphatic heterocycles. The van der Waals surface area contributed by atoms with Crippen molar-refractivity contribution in [3.63, 3.8) is 0 Å². The molecule has 2 aliphatic rings. The molecule has 1 saturated heterocycles. The zero-order valence-electron chi connectivity index (χ0n) is 16.0. The summed E-state index contributed by atoms with van der Waals surface area (Å²) in [5.74, 6) is 0.648. The molecule has 3 heterocycles. The molecule has 28 heavy (non-hydrogen) atoms. The van der Waals surface area contributed by atoms with E-state index in [1.165, 1.54) is 18.5 Å². The van der Waals surface area contributed by atoms with E-state index in [-0.39, 0.29) is 12.1 Å². The maximum absolute atomic E-state index is 12.7. The fraction of sp³-hybridized carbons (Fsp3) is 0.364. The number of fused-ring (bicyclic) bond motifs is 1. The minimum atomic E-state index is -0.212. The van der Waals surface area contributed by atoms with Crippen molar-refractivity contribution in [3.05, 3.63) is 65.7 Å². The maximum Gasteiger partial charge on any atom is 0.322 e. The topological polar surface area (TPSA) is 58.9 Å². The van der Waals surface area contributed by atoms with Crippen LogP contribution in [0.2, 0.25) is 0 Å². The molecule has 1 atom stereocenters. The number of nitrogens with one attached hydrogen (secondary N) is 1. The number of amides is 2. The Bertz CT molecular complexity index is 1020. The molecule has 2 amide bonds. The monoisotopic (exact) mass is 376 g/mol. The van der Waals surface area contributed by atoms with Gasteiger partial charge in [0.05, 0.1) is 30.7 Å². The summed E-state index contributed by atoms with van der Waals surface area (Å²) in [6.07, 6.45) is 4.18. The highest BCUT2D eigenvalue weighted by atomic mass is 16.5. The van der Waals surface area contributed by atoms with Gasteiger partial charge >= 0.3 is 6.03 Å². The highest BCUT2D eigenvalue weighted by molar-refractivity contribution is 5.89. The van der Waals surface area contributed by atoms with Gasteiger partial charge in [0.15, 0.2) is 0 Å². The van der Waals surface area contributed by atoms with E-state index in [1.54, 1.807) is 0 Å². The number of hydrogen-bond donors (Lipinski definition) is 1. The number of urea groups is 1. The summed E-state index contributed by atoms with van der Waals surface area (Å²) < 4.78 is 8.18. The number of nitrogens with zero attached hydrogens (tertiary/aromatic N) is 3. The smallest absolute Gasteiger partial charge is 0.322 e. The van der Waals surface area contributed by atoms with Crippen LogP contribution in [0.3, 0.4) is 0 Å². The number of aryl methyl sites for hydroxylation is 1. The third kappa shape index (κ3) is 3.24. The molecule has 1 N–H and O–H groups in total. The van der Waals surface area contributed by atoms with E-state index in [9.17, 15) is 4.79 Å². The fourth-order valence-corrected chi connectivity index (χ4v) is 3.95. The van der Waals surface area contributed by atoms with E-state index in [4.69, 9.17) is 4.74 Å². The number of carbonyl (C=O) groups excluding carboxylic acids is 1. The molecule has 2 aromatic heterocycles. The lowest BCUT2D eigenvalue weighted by Crippen LogP contribution is -2.44. The zero-order valence-corrected chi connectivity index (χ0v) is 16.0. The number of rotatable bonds is 3. The van der Waals surface area contributed by atoms with Crippen LogP contribution in [-0.4, -0.2) is 40.0 Å². The molecule has 5 rings (SSSR count). The summed E-state index contributed by atoms with van der Waals surface area (Å²) in [6, 6.07) is 14.1. The van der Waals surface area contributed by atoms with Crippen LogP contribution < -0.4 is 5.32 Å². The van der Waals surface area contributed by atoms with Crippen molar-refractivity contribution in [2.75, 3.05) is 25.0 Å². The summed E-state index contributed by atoms with van der Waals surface area (Å²) >= 11 is 0. The number of anilines is 1. The lowest BCUT2D eigenvalue weighted by molar-refractivity contribution is -0.0147. The molecule has 1 aliphatic carbocycles. The largest absolute Gasteiger partial charge is 0.368 e. The molecular formula is C22H24N4O2.